The molecular formula is C31H44N2O2. The molecule has 2 aromatic carbocycles. The molecule has 1 saturated carbocycles. The van der Waals surface area contributed by atoms with Crippen LogP contribution in [0.4, 0.5) is 0 Å². The second-order valence-corrected chi connectivity index (χ2v) is 11.0. The van der Waals surface area contributed by atoms with Gasteiger partial charge < -0.3 is 10.2 Å². The Balaban J connectivity index is 1.71. The number of benzene rings is 2. The third-order valence-corrected chi connectivity index (χ3v) is 6.83. The van der Waals surface area contributed by atoms with Crippen molar-refractivity contribution in [2.45, 2.75) is 98.6 Å². The molecule has 0 radical (unpaired) electrons. The molecule has 4 heteroatoms. The zero-order valence-corrected chi connectivity index (χ0v) is 22.5. The van der Waals surface area contributed by atoms with Crippen LogP contribution in [0.5, 0.6) is 11.5 Å². The van der Waals surface area contributed by atoms with Crippen LogP contribution in [0, 0.1) is 11.8 Å². The Labute approximate surface area is 212 Å². The van der Waals surface area contributed by atoms with E-state index in [-0.39, 0.29) is 12.1 Å². The average Bonchev–Trinajstić information content (AvgIpc) is 3.26. The Kier molecular flexibility index (Phi) is 9.54. The molecule has 1 aliphatic carbocycles. The molecule has 0 bridgehead atoms. The molecule has 0 amide bonds. The predicted octanol–water partition coefficient (Wildman–Crippen LogP) is 7.08. The van der Waals surface area contributed by atoms with Gasteiger partial charge in [-0.1, -0.05) is 53.7 Å². The minimum Gasteiger partial charge on any atom is -0.507 e. The first-order chi connectivity index (χ1) is 16.7. The normalized spacial score (nSPS) is 18.6. The van der Waals surface area contributed by atoms with E-state index in [4.69, 9.17) is 9.98 Å². The minimum absolute atomic E-state index is 0.211. The first-order valence-corrected chi connectivity index (χ1v) is 13.5. The maximum absolute atomic E-state index is 10.7. The third-order valence-electron chi connectivity index (χ3n) is 6.83. The van der Waals surface area contributed by atoms with Crippen molar-refractivity contribution in [1.29, 1.82) is 0 Å². The van der Waals surface area contributed by atoms with Crippen LogP contribution in [-0.2, 0) is 25.7 Å². The summed E-state index contributed by atoms with van der Waals surface area (Å²) >= 11 is 0. The van der Waals surface area contributed by atoms with Gasteiger partial charge in [-0.25, -0.2) is 0 Å². The van der Waals surface area contributed by atoms with E-state index in [1.807, 2.05) is 12.4 Å². The highest BCUT2D eigenvalue weighted by Gasteiger charge is 2.23. The summed E-state index contributed by atoms with van der Waals surface area (Å²) in [4.78, 5) is 9.68. The molecule has 0 aromatic heterocycles. The SMILES string of the molecule is CCc1cc(CC(C)C)cc(C=NC2CCC(N=Cc3cc(CC(C)C)cc(CC)c3O)C2)c1O. The number of hydrogen-bond acceptors (Lipinski definition) is 4. The number of aromatic hydroxyl groups is 2. The third kappa shape index (κ3) is 7.43. The molecular weight excluding hydrogens is 432 g/mol. The summed E-state index contributed by atoms with van der Waals surface area (Å²) in [5.74, 6) is 1.86. The van der Waals surface area contributed by atoms with E-state index in [9.17, 15) is 10.2 Å². The van der Waals surface area contributed by atoms with Gasteiger partial charge in [0.2, 0.25) is 0 Å². The number of phenols is 2. The second-order valence-electron chi connectivity index (χ2n) is 11.0. The first-order valence-electron chi connectivity index (χ1n) is 13.5. The van der Waals surface area contributed by atoms with Crippen LogP contribution in [-0.4, -0.2) is 34.7 Å². The lowest BCUT2D eigenvalue weighted by Crippen LogP contribution is -2.04. The van der Waals surface area contributed by atoms with E-state index in [0.717, 1.165) is 67.2 Å². The molecule has 4 nitrogen and oxygen atoms in total. The van der Waals surface area contributed by atoms with Crippen LogP contribution in [0.25, 0.3) is 0 Å². The fourth-order valence-electron chi connectivity index (χ4n) is 5.07. The van der Waals surface area contributed by atoms with Crippen molar-refractivity contribution in [2.24, 2.45) is 21.8 Å². The van der Waals surface area contributed by atoms with Crippen LogP contribution in [0.3, 0.4) is 0 Å². The van der Waals surface area contributed by atoms with Crippen LogP contribution >= 0.6 is 0 Å². The minimum atomic E-state index is 0.211. The van der Waals surface area contributed by atoms with Crippen molar-refractivity contribution >= 4 is 12.4 Å². The van der Waals surface area contributed by atoms with Crippen molar-refractivity contribution < 1.29 is 10.2 Å². The van der Waals surface area contributed by atoms with E-state index < -0.39 is 0 Å². The molecule has 2 N–H and O–H groups in total. The molecule has 2 atom stereocenters. The largest absolute Gasteiger partial charge is 0.507 e. The molecule has 0 saturated heterocycles. The van der Waals surface area contributed by atoms with Gasteiger partial charge in [-0.3, -0.25) is 9.98 Å². The van der Waals surface area contributed by atoms with Crippen molar-refractivity contribution in [3.05, 3.63) is 57.6 Å². The fraction of sp³-hybridized carbons (Fsp3) is 0.548. The lowest BCUT2D eigenvalue weighted by atomic mass is 9.96. The lowest BCUT2D eigenvalue weighted by Gasteiger charge is -2.12. The van der Waals surface area contributed by atoms with Gasteiger partial charge in [0.25, 0.3) is 0 Å². The van der Waals surface area contributed by atoms with Gasteiger partial charge in [-0.2, -0.15) is 0 Å². The maximum Gasteiger partial charge on any atom is 0.127 e. The molecule has 0 aliphatic heterocycles. The molecule has 1 fully saturated rings. The fourth-order valence-corrected chi connectivity index (χ4v) is 5.07. The molecule has 1 aliphatic rings. The van der Waals surface area contributed by atoms with Gasteiger partial charge >= 0.3 is 0 Å². The van der Waals surface area contributed by atoms with Gasteiger partial charge in [0.05, 0.1) is 12.1 Å². The number of phenolic OH excluding ortho intramolecular Hbond substituents is 2. The summed E-state index contributed by atoms with van der Waals surface area (Å²) in [6.07, 6.45) is 10.2. The monoisotopic (exact) mass is 476 g/mol. The Morgan fingerprint density at radius 1 is 0.743 bits per heavy atom. The van der Waals surface area contributed by atoms with E-state index >= 15 is 0 Å². The highest BCUT2D eigenvalue weighted by molar-refractivity contribution is 5.85. The van der Waals surface area contributed by atoms with Gasteiger partial charge in [0.1, 0.15) is 11.5 Å². The number of aryl methyl sites for hydroxylation is 2. The first kappa shape index (κ1) is 27.0. The Bertz CT molecular complexity index is 969. The summed E-state index contributed by atoms with van der Waals surface area (Å²) in [5, 5.41) is 21.4. The smallest absolute Gasteiger partial charge is 0.127 e. The van der Waals surface area contributed by atoms with Gasteiger partial charge in [-0.15, -0.1) is 0 Å². The predicted molar refractivity (Wildman–Crippen MR) is 149 cm³/mol. The topological polar surface area (TPSA) is 65.2 Å². The van der Waals surface area contributed by atoms with Crippen molar-refractivity contribution in [2.75, 3.05) is 0 Å². The highest BCUT2D eigenvalue weighted by atomic mass is 16.3. The van der Waals surface area contributed by atoms with Crippen molar-refractivity contribution in [1.82, 2.24) is 0 Å². The highest BCUT2D eigenvalue weighted by Crippen LogP contribution is 2.29. The Morgan fingerprint density at radius 3 is 1.49 bits per heavy atom. The van der Waals surface area contributed by atoms with Gasteiger partial charge in [-0.05, 0) is 91.2 Å². The van der Waals surface area contributed by atoms with Crippen LogP contribution in [0.1, 0.15) is 94.2 Å². The summed E-state index contributed by atoms with van der Waals surface area (Å²) in [6.45, 7) is 13.0. The Hall–Kier alpha value is -2.62. The molecule has 190 valence electrons. The summed E-state index contributed by atoms with van der Waals surface area (Å²) in [7, 11) is 0. The van der Waals surface area contributed by atoms with Crippen molar-refractivity contribution in [3.63, 3.8) is 0 Å². The van der Waals surface area contributed by atoms with Gasteiger partial charge in [0, 0.05) is 23.6 Å². The molecule has 0 spiro atoms. The van der Waals surface area contributed by atoms with Gasteiger partial charge in [0.15, 0.2) is 0 Å². The van der Waals surface area contributed by atoms with E-state index in [1.54, 1.807) is 0 Å². The van der Waals surface area contributed by atoms with Crippen LogP contribution in [0.15, 0.2) is 34.3 Å². The molecule has 3 rings (SSSR count). The Morgan fingerprint density at radius 2 is 1.14 bits per heavy atom. The standard InChI is InChI=1S/C31H44N2O2/c1-7-24-13-22(11-20(3)4)15-26(30(24)34)18-32-28-9-10-29(17-28)33-19-27-16-23(12-21(5)6)14-25(8-2)31(27)35/h13-16,18-21,28-29,34-35H,7-12,17H2,1-6H3. The second kappa shape index (κ2) is 12.4. The lowest BCUT2D eigenvalue weighted by molar-refractivity contribution is 0.467. The van der Waals surface area contributed by atoms with Crippen LogP contribution in [0.2, 0.25) is 0 Å². The number of rotatable bonds is 10. The zero-order valence-electron chi connectivity index (χ0n) is 22.5. The van der Waals surface area contributed by atoms with Crippen LogP contribution < -0.4 is 0 Å². The molecule has 2 aromatic rings. The van der Waals surface area contributed by atoms with E-state index in [2.05, 4.69) is 65.8 Å². The number of nitrogens with zero attached hydrogens (tertiary/aromatic N) is 2. The van der Waals surface area contributed by atoms with E-state index in [0.29, 0.717) is 23.3 Å². The summed E-state index contributed by atoms with van der Waals surface area (Å²) in [5.41, 5.74) is 6.15. The maximum atomic E-state index is 10.7. The summed E-state index contributed by atoms with van der Waals surface area (Å²) < 4.78 is 0. The number of aliphatic imine (C=N–C) groups is 2. The number of hydrogen-bond donors (Lipinski definition) is 2. The zero-order chi connectivity index (χ0) is 25.5. The average molecular weight is 477 g/mol. The molecule has 35 heavy (non-hydrogen) atoms. The van der Waals surface area contributed by atoms with E-state index in [1.165, 1.54) is 11.1 Å². The molecule has 0 heterocycles. The summed E-state index contributed by atoms with van der Waals surface area (Å²) in [6, 6.07) is 8.84. The quantitative estimate of drug-likeness (QED) is 0.360. The molecule has 2 unspecified atom stereocenters. The van der Waals surface area contributed by atoms with Crippen molar-refractivity contribution in [3.8, 4) is 11.5 Å².